The van der Waals surface area contributed by atoms with Gasteiger partial charge in [-0.2, -0.15) is 15.1 Å². The number of hydrogen-bond acceptors (Lipinski definition) is 12. The molecule has 5 rings (SSSR count). The summed E-state index contributed by atoms with van der Waals surface area (Å²) in [7, 11) is -4.34. The number of carbonyl (C=O) groups excluding carboxylic acids is 1. The summed E-state index contributed by atoms with van der Waals surface area (Å²) in [5.41, 5.74) is 3.58. The molecule has 1 aliphatic carbocycles. The highest BCUT2D eigenvalue weighted by Gasteiger charge is 2.58. The van der Waals surface area contributed by atoms with Gasteiger partial charge in [0.2, 0.25) is 11.6 Å². The van der Waals surface area contributed by atoms with Crippen molar-refractivity contribution in [3.05, 3.63) is 36.7 Å². The summed E-state index contributed by atoms with van der Waals surface area (Å²) in [6.45, 7) is 4.10. The predicted molar refractivity (Wildman–Crippen MR) is 153 cm³/mol. The molecule has 2 unspecified atom stereocenters. The zero-order valence-electron chi connectivity index (χ0n) is 23.7. The van der Waals surface area contributed by atoms with Crippen LogP contribution in [0.2, 0.25) is 0 Å². The minimum Gasteiger partial charge on any atom is -0.462 e. The Morgan fingerprint density at radius 1 is 1.33 bits per heavy atom. The Hall–Kier alpha value is -3.80. The van der Waals surface area contributed by atoms with Gasteiger partial charge in [-0.05, 0) is 45.7 Å². The maximum Gasteiger partial charge on any atom is 0.459 e. The van der Waals surface area contributed by atoms with Gasteiger partial charge in [-0.3, -0.25) is 13.9 Å². The molecule has 2 aliphatic rings. The molecular weight excluding hydrogens is 584 g/mol. The van der Waals surface area contributed by atoms with Gasteiger partial charge < -0.3 is 30.2 Å². The monoisotopic (exact) mass is 617 g/mol. The molecular formula is C27H33FN7O7P. The fourth-order valence-corrected chi connectivity index (χ4v) is 5.95. The van der Waals surface area contributed by atoms with E-state index in [1.54, 1.807) is 32.0 Å². The van der Waals surface area contributed by atoms with E-state index in [0.717, 1.165) is 12.8 Å². The molecule has 1 saturated carbocycles. The van der Waals surface area contributed by atoms with E-state index in [1.807, 2.05) is 5.92 Å². The molecule has 3 aromatic rings. The van der Waals surface area contributed by atoms with E-state index in [4.69, 9.17) is 30.7 Å². The molecule has 1 aliphatic heterocycles. The lowest BCUT2D eigenvalue weighted by Crippen LogP contribution is -2.42. The van der Waals surface area contributed by atoms with Gasteiger partial charge in [0.25, 0.3) is 0 Å². The number of alkyl halides is 1. The van der Waals surface area contributed by atoms with Crippen molar-refractivity contribution in [3.63, 3.8) is 0 Å². The van der Waals surface area contributed by atoms with Crippen molar-refractivity contribution in [2.45, 2.75) is 75.9 Å². The summed E-state index contributed by atoms with van der Waals surface area (Å²) in [5, 5.41) is 16.7. The average Bonchev–Trinajstić information content (AvgIpc) is 3.62. The van der Waals surface area contributed by atoms with Gasteiger partial charge in [0, 0.05) is 6.04 Å². The lowest BCUT2D eigenvalue weighted by atomic mass is 9.97. The number of para-hydroxylation sites is 1. The van der Waals surface area contributed by atoms with Gasteiger partial charge in [-0.15, -0.1) is 6.42 Å². The first-order valence-electron chi connectivity index (χ1n) is 13.7. The van der Waals surface area contributed by atoms with Crippen LogP contribution < -0.4 is 20.7 Å². The van der Waals surface area contributed by atoms with Crippen LogP contribution in [0.25, 0.3) is 11.2 Å². The van der Waals surface area contributed by atoms with Crippen LogP contribution in [-0.4, -0.2) is 73.3 Å². The number of fused-ring (bicyclic) bond motifs is 1. The van der Waals surface area contributed by atoms with E-state index in [1.165, 1.54) is 30.0 Å². The molecule has 0 radical (unpaired) electrons. The molecule has 16 heteroatoms. The summed E-state index contributed by atoms with van der Waals surface area (Å²) in [6.07, 6.45) is 3.34. The number of nitrogens with one attached hydrogen (secondary N) is 2. The highest BCUT2D eigenvalue weighted by Crippen LogP contribution is 2.48. The molecule has 14 nitrogen and oxygen atoms in total. The fraction of sp³-hybridized carbons (Fsp3) is 0.481. The number of halogens is 1. The van der Waals surface area contributed by atoms with Gasteiger partial charge in [-0.25, -0.2) is 13.9 Å². The number of hydrogen-bond donors (Lipinski definition) is 4. The molecule has 2 aromatic heterocycles. The highest BCUT2D eigenvalue weighted by atomic mass is 31.2. The summed E-state index contributed by atoms with van der Waals surface area (Å²) in [5.74, 6) is 1.73. The van der Waals surface area contributed by atoms with Crippen LogP contribution in [0.4, 0.5) is 16.2 Å². The summed E-state index contributed by atoms with van der Waals surface area (Å²) in [4.78, 5) is 25.1. The van der Waals surface area contributed by atoms with Crippen LogP contribution in [0.5, 0.6) is 5.75 Å². The van der Waals surface area contributed by atoms with Crippen LogP contribution in [0.3, 0.4) is 0 Å². The van der Waals surface area contributed by atoms with E-state index in [0.29, 0.717) is 11.3 Å². The minimum atomic E-state index is -4.34. The number of ether oxygens (including phenoxy) is 2. The second-order valence-corrected chi connectivity index (χ2v) is 12.3. The molecule has 3 heterocycles. The van der Waals surface area contributed by atoms with Gasteiger partial charge in [0.15, 0.2) is 23.2 Å². The van der Waals surface area contributed by atoms with Crippen LogP contribution >= 0.6 is 7.75 Å². The molecule has 230 valence electrons. The maximum atomic E-state index is 16.3. The van der Waals surface area contributed by atoms with Crippen LogP contribution in [0.15, 0.2) is 36.7 Å². The second-order valence-electron chi connectivity index (χ2n) is 10.6. The second kappa shape index (κ2) is 12.1. The van der Waals surface area contributed by atoms with Crippen molar-refractivity contribution >= 4 is 36.6 Å². The third-order valence-corrected chi connectivity index (χ3v) is 8.35. The lowest BCUT2D eigenvalue weighted by molar-refractivity contribution is -0.149. The first kappa shape index (κ1) is 30.7. The first-order chi connectivity index (χ1) is 20.4. The van der Waals surface area contributed by atoms with Gasteiger partial charge in [0.05, 0.1) is 19.0 Å². The predicted octanol–water partition coefficient (Wildman–Crippen LogP) is 2.72. The van der Waals surface area contributed by atoms with Crippen LogP contribution in [0.1, 0.15) is 39.8 Å². The first-order valence-corrected chi connectivity index (χ1v) is 15.2. The Kier molecular flexibility index (Phi) is 8.60. The number of terminal acetylenes is 1. The van der Waals surface area contributed by atoms with Gasteiger partial charge in [-0.1, -0.05) is 24.1 Å². The Bertz CT molecular complexity index is 1560. The van der Waals surface area contributed by atoms with E-state index < -0.39 is 56.6 Å². The van der Waals surface area contributed by atoms with Crippen molar-refractivity contribution in [2.75, 3.05) is 17.7 Å². The number of nitrogens with zero attached hydrogens (tertiary/aromatic N) is 4. The van der Waals surface area contributed by atoms with E-state index in [-0.39, 0.29) is 23.4 Å². The number of nitrogens with two attached hydrogens (primary N) is 1. The van der Waals surface area contributed by atoms with E-state index in [2.05, 4.69) is 25.4 Å². The maximum absolute atomic E-state index is 16.3. The Morgan fingerprint density at radius 3 is 2.70 bits per heavy atom. The average molecular weight is 618 g/mol. The fourth-order valence-electron chi connectivity index (χ4n) is 4.44. The molecule has 1 saturated heterocycles. The quantitative estimate of drug-likeness (QED) is 0.132. The van der Waals surface area contributed by atoms with Crippen LogP contribution in [-0.2, 0) is 23.4 Å². The van der Waals surface area contributed by atoms with Crippen molar-refractivity contribution in [3.8, 4) is 18.1 Å². The standard InChI is InChI=1S/C27H33FN7O7P/c1-5-27(28)21(36)19(41-25(27)35-14-30-20-22(31-17-11-12-17)32-26(29)33-23(20)35)13-39-43(38,42-18-9-7-6-8-10-18)34-16(4)24(37)40-15(2)3/h1,6-10,14-17,19,21,25,36H,11-13H2,2-4H3,(H,34,38)(H3,29,31,32,33)/t16-,19+,21?,25+,27+,43?/m0/s1. The number of anilines is 2. The topological polar surface area (TPSA) is 185 Å². The molecule has 6 atom stereocenters. The third-order valence-electron chi connectivity index (χ3n) is 6.71. The van der Waals surface area contributed by atoms with Crippen LogP contribution in [0, 0.1) is 12.3 Å². The van der Waals surface area contributed by atoms with Crippen molar-refractivity contribution < 1.29 is 37.4 Å². The highest BCUT2D eigenvalue weighted by molar-refractivity contribution is 7.52. The number of benzene rings is 1. The summed E-state index contributed by atoms with van der Waals surface area (Å²) >= 11 is 0. The number of rotatable bonds is 12. The minimum absolute atomic E-state index is 0.0869. The molecule has 0 bridgehead atoms. The molecule has 0 spiro atoms. The number of aromatic nitrogens is 4. The zero-order valence-corrected chi connectivity index (χ0v) is 24.6. The molecule has 43 heavy (non-hydrogen) atoms. The molecule has 2 fully saturated rings. The Balaban J connectivity index is 1.39. The number of aliphatic hydroxyl groups is 1. The SMILES string of the molecule is C#C[C@@]1(F)C(O)[C@@H](COP(=O)(N[C@@H](C)C(=O)OC(C)C)Oc2ccccc2)O[C@H]1n1cnc2c(NC3CC3)nc(N)nc21. The normalized spacial score (nSPS) is 25.7. The van der Waals surface area contributed by atoms with E-state index in [9.17, 15) is 14.5 Å². The third kappa shape index (κ3) is 6.58. The number of carbonyl (C=O) groups is 1. The van der Waals surface area contributed by atoms with Crippen molar-refractivity contribution in [1.29, 1.82) is 0 Å². The van der Waals surface area contributed by atoms with Gasteiger partial charge >= 0.3 is 13.7 Å². The van der Waals surface area contributed by atoms with Gasteiger partial charge in [0.1, 0.15) is 24.0 Å². The Morgan fingerprint density at radius 2 is 2.05 bits per heavy atom. The largest absolute Gasteiger partial charge is 0.462 e. The van der Waals surface area contributed by atoms with E-state index >= 15 is 4.39 Å². The Labute approximate surface area is 247 Å². The lowest BCUT2D eigenvalue weighted by Gasteiger charge is -2.25. The number of nitrogen functional groups attached to an aromatic ring is 1. The van der Waals surface area contributed by atoms with Crippen molar-refractivity contribution in [2.24, 2.45) is 0 Å². The number of imidazole rings is 1. The number of aliphatic hydroxyl groups excluding tert-OH is 1. The summed E-state index contributed by atoms with van der Waals surface area (Å²) < 4.78 is 53.6. The summed E-state index contributed by atoms with van der Waals surface area (Å²) in [6, 6.07) is 7.17. The smallest absolute Gasteiger partial charge is 0.459 e. The molecule has 1 aromatic carbocycles. The molecule has 0 amide bonds. The number of esters is 1. The molecule has 5 N–H and O–H groups in total. The zero-order chi connectivity index (χ0) is 30.9. The van der Waals surface area contributed by atoms with Crippen molar-refractivity contribution in [1.82, 2.24) is 24.6 Å².